The second kappa shape index (κ2) is 5.84. The number of carbonyl (C=O) groups excluding carboxylic acids is 2. The average molecular weight is 428 g/mol. The summed E-state index contributed by atoms with van der Waals surface area (Å²) in [5.74, 6) is -1.92. The number of imide groups is 1. The van der Waals surface area contributed by atoms with Gasteiger partial charge in [0.1, 0.15) is 9.75 Å². The first kappa shape index (κ1) is 17.9. The molecule has 2 amide bonds. The molecule has 2 aliphatic heterocycles. The molecule has 5 aliphatic rings. The monoisotopic (exact) mass is 427 g/mol. The van der Waals surface area contributed by atoms with Crippen LogP contribution in [0.2, 0.25) is 0 Å². The van der Waals surface area contributed by atoms with Crippen LogP contribution in [0.15, 0.2) is 48.5 Å². The number of ether oxygens (including phenoxy) is 1. The van der Waals surface area contributed by atoms with Crippen molar-refractivity contribution in [1.82, 2.24) is 4.90 Å². The highest BCUT2D eigenvalue weighted by molar-refractivity contribution is 6.36. The first-order chi connectivity index (χ1) is 14.0. The molecule has 2 heterocycles. The Kier molecular flexibility index (Phi) is 3.61. The number of halogens is 2. The Hall–Kier alpha value is -1.88. The van der Waals surface area contributed by atoms with E-state index in [-0.39, 0.29) is 24.5 Å². The highest BCUT2D eigenvalue weighted by Gasteiger charge is 2.73. The molecule has 0 N–H and O–H groups in total. The van der Waals surface area contributed by atoms with Gasteiger partial charge in [-0.15, -0.1) is 23.2 Å². The zero-order valence-corrected chi connectivity index (χ0v) is 17.1. The number of alkyl halides is 2. The van der Waals surface area contributed by atoms with Crippen LogP contribution in [0.5, 0.6) is 0 Å². The third kappa shape index (κ3) is 2.00. The van der Waals surface area contributed by atoms with Gasteiger partial charge < -0.3 is 4.74 Å². The van der Waals surface area contributed by atoms with Gasteiger partial charge in [0.15, 0.2) is 0 Å². The van der Waals surface area contributed by atoms with E-state index in [0.717, 1.165) is 35.1 Å². The molecule has 2 aromatic rings. The number of nitrogens with zero attached hydrogens (tertiary/aromatic N) is 1. The Labute approximate surface area is 178 Å². The molecular weight excluding hydrogens is 409 g/mol. The third-order valence-corrected chi connectivity index (χ3v) is 8.37. The molecule has 148 valence electrons. The van der Waals surface area contributed by atoms with E-state index in [9.17, 15) is 9.59 Å². The van der Waals surface area contributed by atoms with Crippen LogP contribution >= 0.6 is 23.2 Å². The molecule has 4 nitrogen and oxygen atoms in total. The molecule has 0 aromatic heterocycles. The van der Waals surface area contributed by atoms with E-state index in [1.807, 2.05) is 48.5 Å². The van der Waals surface area contributed by atoms with Crippen LogP contribution in [0.4, 0.5) is 0 Å². The van der Waals surface area contributed by atoms with Gasteiger partial charge in [0.25, 0.3) is 0 Å². The van der Waals surface area contributed by atoms with Crippen LogP contribution in [0.3, 0.4) is 0 Å². The van der Waals surface area contributed by atoms with Crippen molar-refractivity contribution in [1.29, 1.82) is 0 Å². The fraction of sp³-hybridized carbons (Fsp3) is 0.391. The Morgan fingerprint density at radius 3 is 1.69 bits per heavy atom. The van der Waals surface area contributed by atoms with Gasteiger partial charge >= 0.3 is 0 Å². The third-order valence-electron chi connectivity index (χ3n) is 7.09. The molecule has 2 bridgehead atoms. The molecular formula is C23H19Cl2NO3. The minimum absolute atomic E-state index is 0.108. The van der Waals surface area contributed by atoms with Gasteiger partial charge in [-0.2, -0.15) is 0 Å². The standard InChI is InChI=1S/C23H19Cl2NO3/c24-22-14-7-1-2-8-15(14)23(25,17-10-4-3-9-16(17)22)19-18(22)20(27)26(21(19)28)12-13-6-5-11-29-13/h1-4,7-10,13,18-19H,5-6,11-12H2/t13-,18-,19+,22?,23?/m0/s1. The summed E-state index contributed by atoms with van der Waals surface area (Å²) in [6, 6.07) is 15.4. The lowest BCUT2D eigenvalue weighted by molar-refractivity contribution is -0.141. The Morgan fingerprint density at radius 1 is 0.862 bits per heavy atom. The number of hydrogen-bond donors (Lipinski definition) is 0. The topological polar surface area (TPSA) is 46.6 Å². The fourth-order valence-electron chi connectivity index (χ4n) is 5.90. The minimum atomic E-state index is -1.10. The van der Waals surface area contributed by atoms with Gasteiger partial charge in [-0.1, -0.05) is 48.5 Å². The van der Waals surface area contributed by atoms with Crippen molar-refractivity contribution < 1.29 is 14.3 Å². The molecule has 0 saturated carbocycles. The summed E-state index contributed by atoms with van der Waals surface area (Å²) in [6.45, 7) is 0.945. The van der Waals surface area contributed by atoms with E-state index in [4.69, 9.17) is 27.9 Å². The fourth-order valence-corrected chi connectivity index (χ4v) is 6.99. The van der Waals surface area contributed by atoms with Crippen molar-refractivity contribution in [3.05, 3.63) is 70.8 Å². The van der Waals surface area contributed by atoms with Crippen molar-refractivity contribution in [2.24, 2.45) is 11.8 Å². The molecule has 3 aliphatic carbocycles. The zero-order valence-electron chi connectivity index (χ0n) is 15.6. The summed E-state index contributed by atoms with van der Waals surface area (Å²) in [6.07, 6.45) is 1.69. The van der Waals surface area contributed by atoms with Crippen molar-refractivity contribution in [3.8, 4) is 0 Å². The predicted octanol–water partition coefficient (Wildman–Crippen LogP) is 3.76. The van der Waals surface area contributed by atoms with Gasteiger partial charge in [0, 0.05) is 6.61 Å². The second-order valence-electron chi connectivity index (χ2n) is 8.39. The van der Waals surface area contributed by atoms with Crippen molar-refractivity contribution in [2.45, 2.75) is 28.7 Å². The summed E-state index contributed by atoms with van der Waals surface area (Å²) < 4.78 is 5.70. The Morgan fingerprint density at radius 2 is 1.31 bits per heavy atom. The predicted molar refractivity (Wildman–Crippen MR) is 109 cm³/mol. The largest absolute Gasteiger partial charge is 0.376 e. The highest BCUT2D eigenvalue weighted by atomic mass is 35.5. The number of likely N-dealkylation sites (tertiary alicyclic amines) is 1. The summed E-state index contributed by atoms with van der Waals surface area (Å²) >= 11 is 14.7. The van der Waals surface area contributed by atoms with Crippen LogP contribution < -0.4 is 0 Å². The van der Waals surface area contributed by atoms with Crippen LogP contribution in [0, 0.1) is 11.8 Å². The first-order valence-electron chi connectivity index (χ1n) is 10.0. The zero-order chi connectivity index (χ0) is 20.0. The van der Waals surface area contributed by atoms with Gasteiger partial charge in [-0.3, -0.25) is 14.5 Å². The maximum atomic E-state index is 13.6. The molecule has 2 saturated heterocycles. The number of benzene rings is 2. The van der Waals surface area contributed by atoms with E-state index < -0.39 is 21.6 Å². The summed E-state index contributed by atoms with van der Waals surface area (Å²) in [7, 11) is 0. The SMILES string of the molecule is O=C1[C@@H]2[C@H](C(=O)N1C[C@@H]1CCCO1)C1(Cl)c3ccccc3C2(Cl)c2ccccc21. The van der Waals surface area contributed by atoms with Crippen LogP contribution in [-0.2, 0) is 24.1 Å². The summed E-state index contributed by atoms with van der Waals surface area (Å²) in [5, 5.41) is 0. The first-order valence-corrected chi connectivity index (χ1v) is 10.8. The summed E-state index contributed by atoms with van der Waals surface area (Å²) in [4.78, 5) is 26.4. The number of rotatable bonds is 2. The minimum Gasteiger partial charge on any atom is -0.376 e. The Bertz CT molecular complexity index is 940. The maximum Gasteiger partial charge on any atom is 0.235 e. The van der Waals surface area contributed by atoms with E-state index >= 15 is 0 Å². The van der Waals surface area contributed by atoms with E-state index in [2.05, 4.69) is 0 Å². The van der Waals surface area contributed by atoms with Gasteiger partial charge in [0.2, 0.25) is 11.8 Å². The highest BCUT2D eigenvalue weighted by Crippen LogP contribution is 2.69. The quantitative estimate of drug-likeness (QED) is 0.541. The van der Waals surface area contributed by atoms with Crippen molar-refractivity contribution in [2.75, 3.05) is 13.2 Å². The molecule has 2 aromatic carbocycles. The van der Waals surface area contributed by atoms with E-state index in [0.29, 0.717) is 6.61 Å². The Balaban J connectivity index is 1.58. The molecule has 0 radical (unpaired) electrons. The molecule has 0 spiro atoms. The average Bonchev–Trinajstić information content (AvgIpc) is 3.34. The molecule has 6 heteroatoms. The smallest absolute Gasteiger partial charge is 0.235 e. The molecule has 0 unspecified atom stereocenters. The van der Waals surface area contributed by atoms with Crippen molar-refractivity contribution >= 4 is 35.0 Å². The van der Waals surface area contributed by atoms with Crippen LogP contribution in [0.25, 0.3) is 0 Å². The molecule has 29 heavy (non-hydrogen) atoms. The van der Waals surface area contributed by atoms with Gasteiger partial charge in [-0.05, 0) is 35.1 Å². The number of hydrogen-bond acceptors (Lipinski definition) is 3. The molecule has 7 rings (SSSR count). The number of carbonyl (C=O) groups is 2. The normalized spacial score (nSPS) is 36.9. The van der Waals surface area contributed by atoms with Crippen LogP contribution in [-0.4, -0.2) is 36.0 Å². The van der Waals surface area contributed by atoms with Crippen molar-refractivity contribution in [3.63, 3.8) is 0 Å². The molecule has 3 atom stereocenters. The number of amides is 2. The molecule has 2 fully saturated rings. The summed E-state index contributed by atoms with van der Waals surface area (Å²) in [5.41, 5.74) is 3.32. The van der Waals surface area contributed by atoms with Gasteiger partial charge in [0.05, 0.1) is 24.5 Å². The van der Waals surface area contributed by atoms with E-state index in [1.54, 1.807) is 0 Å². The lowest BCUT2D eigenvalue weighted by Crippen LogP contribution is -2.57. The lowest BCUT2D eigenvalue weighted by atomic mass is 9.54. The lowest BCUT2D eigenvalue weighted by Gasteiger charge is -2.54. The second-order valence-corrected chi connectivity index (χ2v) is 9.58. The van der Waals surface area contributed by atoms with E-state index in [1.165, 1.54) is 4.90 Å². The van der Waals surface area contributed by atoms with Crippen LogP contribution in [0.1, 0.15) is 35.1 Å². The van der Waals surface area contributed by atoms with Gasteiger partial charge in [-0.25, -0.2) is 0 Å². The maximum absolute atomic E-state index is 13.6.